The number of ether oxygens (including phenoxy) is 2. The molecule has 0 N–H and O–H groups in total. The van der Waals surface area contributed by atoms with Gasteiger partial charge in [-0.1, -0.05) is 37.3 Å². The lowest BCUT2D eigenvalue weighted by molar-refractivity contribution is -0.146. The van der Waals surface area contributed by atoms with Crippen molar-refractivity contribution in [2.75, 3.05) is 13.2 Å². The molecule has 1 unspecified atom stereocenters. The van der Waals surface area contributed by atoms with Gasteiger partial charge in [0.2, 0.25) is 0 Å². The summed E-state index contributed by atoms with van der Waals surface area (Å²) in [4.78, 5) is 11.6. The highest BCUT2D eigenvalue weighted by Gasteiger charge is 2.11. The van der Waals surface area contributed by atoms with E-state index in [-0.39, 0.29) is 18.0 Å². The molecule has 100 valence electrons. The van der Waals surface area contributed by atoms with Gasteiger partial charge in [0, 0.05) is 0 Å². The van der Waals surface area contributed by atoms with Crippen molar-refractivity contribution >= 4 is 5.97 Å². The number of benzene rings is 1. The summed E-state index contributed by atoms with van der Waals surface area (Å²) in [6.07, 6.45) is 0.582. The molecule has 1 atom stereocenters. The van der Waals surface area contributed by atoms with Crippen LogP contribution in [0.1, 0.15) is 38.7 Å². The highest BCUT2D eigenvalue weighted by atomic mass is 16.6. The zero-order valence-electron chi connectivity index (χ0n) is 11.4. The topological polar surface area (TPSA) is 35.5 Å². The van der Waals surface area contributed by atoms with Crippen molar-refractivity contribution in [1.29, 1.82) is 0 Å². The maximum Gasteiger partial charge on any atom is 0.306 e. The fourth-order valence-corrected chi connectivity index (χ4v) is 1.65. The van der Waals surface area contributed by atoms with E-state index in [0.29, 0.717) is 19.6 Å². The van der Waals surface area contributed by atoms with Gasteiger partial charge in [-0.3, -0.25) is 4.79 Å². The number of carbonyl (C=O) groups excluding carboxylic acids is 1. The Bertz CT molecular complexity index is 346. The Labute approximate surface area is 109 Å². The van der Waals surface area contributed by atoms with Crippen LogP contribution >= 0.6 is 0 Å². The Hall–Kier alpha value is -1.35. The minimum absolute atomic E-state index is 0.168. The maximum absolute atomic E-state index is 11.6. The van der Waals surface area contributed by atoms with Gasteiger partial charge in [0.15, 0.2) is 0 Å². The molecule has 1 aromatic rings. The van der Waals surface area contributed by atoms with Crippen molar-refractivity contribution in [2.24, 2.45) is 0 Å². The summed E-state index contributed by atoms with van der Waals surface area (Å²) in [6.45, 7) is 6.74. The normalized spacial score (nSPS) is 12.4. The van der Waals surface area contributed by atoms with Gasteiger partial charge in [0.1, 0.15) is 6.61 Å². The standard InChI is InChI=1S/C15H22O3/c1-12(2)17-9-10-18-15(16)11-13(3)14-7-5-4-6-8-14/h4-8,12-13H,9-11H2,1-3H3. The second kappa shape index (κ2) is 7.88. The van der Waals surface area contributed by atoms with E-state index in [1.54, 1.807) is 0 Å². The molecule has 18 heavy (non-hydrogen) atoms. The predicted molar refractivity (Wildman–Crippen MR) is 71.5 cm³/mol. The Morgan fingerprint density at radius 2 is 1.78 bits per heavy atom. The lowest BCUT2D eigenvalue weighted by Crippen LogP contribution is -2.14. The van der Waals surface area contributed by atoms with Crippen molar-refractivity contribution in [3.63, 3.8) is 0 Å². The summed E-state index contributed by atoms with van der Waals surface area (Å²) < 4.78 is 10.4. The average Bonchev–Trinajstić information content (AvgIpc) is 2.35. The third-order valence-corrected chi connectivity index (χ3v) is 2.64. The molecule has 0 aliphatic heterocycles. The molecule has 0 saturated carbocycles. The number of hydrogen-bond acceptors (Lipinski definition) is 3. The van der Waals surface area contributed by atoms with Crippen LogP contribution in [0.5, 0.6) is 0 Å². The van der Waals surface area contributed by atoms with E-state index >= 15 is 0 Å². The Kier molecular flexibility index (Phi) is 6.44. The third-order valence-electron chi connectivity index (χ3n) is 2.64. The van der Waals surface area contributed by atoms with Crippen molar-refractivity contribution < 1.29 is 14.3 Å². The van der Waals surface area contributed by atoms with Crippen molar-refractivity contribution in [3.05, 3.63) is 35.9 Å². The molecule has 0 amide bonds. The molecule has 0 heterocycles. The molecule has 0 aromatic heterocycles. The van der Waals surface area contributed by atoms with Crippen LogP contribution in [0.15, 0.2) is 30.3 Å². The number of esters is 1. The molecule has 1 rings (SSSR count). The van der Waals surface area contributed by atoms with Crippen LogP contribution in [0.2, 0.25) is 0 Å². The van der Waals surface area contributed by atoms with E-state index in [9.17, 15) is 4.79 Å². The van der Waals surface area contributed by atoms with Gasteiger partial charge in [-0.25, -0.2) is 0 Å². The fourth-order valence-electron chi connectivity index (χ4n) is 1.65. The quantitative estimate of drug-likeness (QED) is 0.551. The van der Waals surface area contributed by atoms with E-state index in [2.05, 4.69) is 0 Å². The zero-order valence-corrected chi connectivity index (χ0v) is 11.4. The third kappa shape index (κ3) is 5.82. The van der Waals surface area contributed by atoms with Gasteiger partial charge < -0.3 is 9.47 Å². The van der Waals surface area contributed by atoms with E-state index in [1.807, 2.05) is 51.1 Å². The second-order valence-electron chi connectivity index (χ2n) is 4.66. The lowest BCUT2D eigenvalue weighted by atomic mass is 9.98. The SMILES string of the molecule is CC(C)OCCOC(=O)CC(C)c1ccccc1. The van der Waals surface area contributed by atoms with Gasteiger partial charge in [-0.15, -0.1) is 0 Å². The molecule has 0 saturated heterocycles. The summed E-state index contributed by atoms with van der Waals surface area (Å²) in [7, 11) is 0. The van der Waals surface area contributed by atoms with E-state index in [4.69, 9.17) is 9.47 Å². The molecule has 0 radical (unpaired) electrons. The summed E-state index contributed by atoms with van der Waals surface area (Å²) in [6, 6.07) is 9.98. The summed E-state index contributed by atoms with van der Waals surface area (Å²) in [5, 5.41) is 0. The first-order valence-corrected chi connectivity index (χ1v) is 6.41. The van der Waals surface area contributed by atoms with Crippen LogP contribution in [0.4, 0.5) is 0 Å². The smallest absolute Gasteiger partial charge is 0.306 e. The first-order chi connectivity index (χ1) is 8.59. The van der Waals surface area contributed by atoms with Crippen LogP contribution in [0.3, 0.4) is 0 Å². The highest BCUT2D eigenvalue weighted by molar-refractivity contribution is 5.70. The molecule has 3 nitrogen and oxygen atoms in total. The summed E-state index contributed by atoms with van der Waals surface area (Å²) >= 11 is 0. The molecule has 0 aliphatic carbocycles. The molecule has 0 fully saturated rings. The fraction of sp³-hybridized carbons (Fsp3) is 0.533. The molecule has 0 spiro atoms. The second-order valence-corrected chi connectivity index (χ2v) is 4.66. The van der Waals surface area contributed by atoms with Crippen LogP contribution in [-0.4, -0.2) is 25.3 Å². The van der Waals surface area contributed by atoms with Crippen LogP contribution in [-0.2, 0) is 14.3 Å². The van der Waals surface area contributed by atoms with E-state index in [1.165, 1.54) is 0 Å². The number of hydrogen-bond donors (Lipinski definition) is 0. The van der Waals surface area contributed by atoms with Crippen LogP contribution < -0.4 is 0 Å². The van der Waals surface area contributed by atoms with Gasteiger partial charge in [0.05, 0.1) is 19.1 Å². The van der Waals surface area contributed by atoms with Gasteiger partial charge in [-0.05, 0) is 25.3 Å². The maximum atomic E-state index is 11.6. The van der Waals surface area contributed by atoms with E-state index < -0.39 is 0 Å². The van der Waals surface area contributed by atoms with Crippen LogP contribution in [0, 0.1) is 0 Å². The van der Waals surface area contributed by atoms with Crippen molar-refractivity contribution in [2.45, 2.75) is 39.2 Å². The molecular formula is C15H22O3. The highest BCUT2D eigenvalue weighted by Crippen LogP contribution is 2.18. The van der Waals surface area contributed by atoms with Crippen molar-refractivity contribution in [3.8, 4) is 0 Å². The summed E-state index contributed by atoms with van der Waals surface area (Å²) in [5.41, 5.74) is 1.16. The van der Waals surface area contributed by atoms with Crippen molar-refractivity contribution in [1.82, 2.24) is 0 Å². The Morgan fingerprint density at radius 1 is 1.11 bits per heavy atom. The minimum atomic E-state index is -0.168. The van der Waals surface area contributed by atoms with E-state index in [0.717, 1.165) is 5.56 Å². The van der Waals surface area contributed by atoms with Gasteiger partial charge in [-0.2, -0.15) is 0 Å². The molecular weight excluding hydrogens is 228 g/mol. The molecule has 1 aromatic carbocycles. The monoisotopic (exact) mass is 250 g/mol. The lowest BCUT2D eigenvalue weighted by Gasteiger charge is -2.12. The first kappa shape index (κ1) is 14.7. The minimum Gasteiger partial charge on any atom is -0.463 e. The molecule has 0 bridgehead atoms. The zero-order chi connectivity index (χ0) is 13.4. The number of carbonyl (C=O) groups is 1. The Morgan fingerprint density at radius 3 is 2.39 bits per heavy atom. The van der Waals surface area contributed by atoms with Gasteiger partial charge >= 0.3 is 5.97 Å². The summed E-state index contributed by atoms with van der Waals surface area (Å²) in [5.74, 6) is 0.0171. The number of rotatable bonds is 7. The largest absolute Gasteiger partial charge is 0.463 e. The average molecular weight is 250 g/mol. The van der Waals surface area contributed by atoms with Crippen LogP contribution in [0.25, 0.3) is 0 Å². The first-order valence-electron chi connectivity index (χ1n) is 6.41. The Balaban J connectivity index is 2.24. The predicted octanol–water partition coefficient (Wildman–Crippen LogP) is 3.15. The molecule has 3 heteroatoms. The molecule has 0 aliphatic rings. The van der Waals surface area contributed by atoms with Gasteiger partial charge in [0.25, 0.3) is 0 Å².